The number of rotatable bonds is 4. The Bertz CT molecular complexity index is 767. The lowest BCUT2D eigenvalue weighted by Crippen LogP contribution is -2.48. The van der Waals surface area contributed by atoms with Gasteiger partial charge in [0.05, 0.1) is 29.7 Å². The highest BCUT2D eigenvalue weighted by Gasteiger charge is 2.31. The molecule has 9 nitrogen and oxygen atoms in total. The predicted molar refractivity (Wildman–Crippen MR) is 92.2 cm³/mol. The van der Waals surface area contributed by atoms with Crippen LogP contribution in [0.15, 0.2) is 0 Å². The van der Waals surface area contributed by atoms with Gasteiger partial charge in [-0.05, 0) is 27.7 Å². The number of nitrogens with zero attached hydrogens (tertiary/aromatic N) is 5. The zero-order valence-corrected chi connectivity index (χ0v) is 15.3. The molecule has 0 aromatic carbocycles. The van der Waals surface area contributed by atoms with Gasteiger partial charge in [-0.3, -0.25) is 19.5 Å². The van der Waals surface area contributed by atoms with Crippen LogP contribution in [0.25, 0.3) is 0 Å². The van der Waals surface area contributed by atoms with Gasteiger partial charge in [0.15, 0.2) is 5.82 Å². The van der Waals surface area contributed by atoms with Crippen LogP contribution in [-0.4, -0.2) is 61.5 Å². The number of carbonyl (C=O) groups excluding carboxylic acids is 1. The Kier molecular flexibility index (Phi) is 4.87. The second-order valence-electron chi connectivity index (χ2n) is 6.47. The Morgan fingerprint density at radius 1 is 1.40 bits per heavy atom. The SMILES string of the molecule is Cc1nc([C@H]2CN([C@@H](C)C(=O)Nc3c(C)nn(C)c3C)CCO2)n[nH]1. The van der Waals surface area contributed by atoms with E-state index in [1.165, 1.54) is 0 Å². The summed E-state index contributed by atoms with van der Waals surface area (Å²) in [7, 11) is 1.87. The molecule has 1 aliphatic heterocycles. The summed E-state index contributed by atoms with van der Waals surface area (Å²) in [5, 5.41) is 14.4. The lowest BCUT2D eigenvalue weighted by Gasteiger charge is -2.35. The van der Waals surface area contributed by atoms with Crippen LogP contribution in [0.5, 0.6) is 0 Å². The first-order valence-electron chi connectivity index (χ1n) is 8.42. The normalized spacial score (nSPS) is 19.8. The van der Waals surface area contributed by atoms with Gasteiger partial charge in [-0.15, -0.1) is 0 Å². The molecule has 0 unspecified atom stereocenters. The highest BCUT2D eigenvalue weighted by atomic mass is 16.5. The molecule has 25 heavy (non-hydrogen) atoms. The third-order valence-electron chi connectivity index (χ3n) is 4.68. The number of aromatic amines is 1. The molecule has 1 saturated heterocycles. The molecule has 2 N–H and O–H groups in total. The number of amides is 1. The summed E-state index contributed by atoms with van der Waals surface area (Å²) >= 11 is 0. The summed E-state index contributed by atoms with van der Waals surface area (Å²) in [4.78, 5) is 19.1. The molecule has 2 aromatic rings. The highest BCUT2D eigenvalue weighted by Crippen LogP contribution is 2.22. The highest BCUT2D eigenvalue weighted by molar-refractivity contribution is 5.95. The van der Waals surface area contributed by atoms with E-state index in [0.29, 0.717) is 25.5 Å². The van der Waals surface area contributed by atoms with Crippen molar-refractivity contribution in [2.24, 2.45) is 7.05 Å². The Morgan fingerprint density at radius 3 is 2.76 bits per heavy atom. The number of aromatic nitrogens is 5. The summed E-state index contributed by atoms with van der Waals surface area (Å²) in [5.41, 5.74) is 2.54. The quantitative estimate of drug-likeness (QED) is 0.851. The fourth-order valence-electron chi connectivity index (χ4n) is 3.03. The number of aryl methyl sites for hydroxylation is 3. The first kappa shape index (κ1) is 17.6. The van der Waals surface area contributed by atoms with Gasteiger partial charge >= 0.3 is 0 Å². The summed E-state index contributed by atoms with van der Waals surface area (Å²) in [6.45, 7) is 9.41. The van der Waals surface area contributed by atoms with Gasteiger partial charge in [0, 0.05) is 20.1 Å². The van der Waals surface area contributed by atoms with Crippen molar-refractivity contribution in [3.63, 3.8) is 0 Å². The van der Waals surface area contributed by atoms with E-state index in [2.05, 4.69) is 30.5 Å². The maximum absolute atomic E-state index is 12.7. The number of carbonyl (C=O) groups is 1. The van der Waals surface area contributed by atoms with E-state index in [-0.39, 0.29) is 18.1 Å². The first-order chi connectivity index (χ1) is 11.9. The van der Waals surface area contributed by atoms with Gasteiger partial charge in [-0.1, -0.05) is 0 Å². The van der Waals surface area contributed by atoms with E-state index in [1.807, 2.05) is 34.7 Å². The summed E-state index contributed by atoms with van der Waals surface area (Å²) in [5.74, 6) is 1.34. The zero-order chi connectivity index (χ0) is 18.1. The summed E-state index contributed by atoms with van der Waals surface area (Å²) < 4.78 is 7.54. The summed E-state index contributed by atoms with van der Waals surface area (Å²) in [6.07, 6.45) is -0.226. The molecule has 3 heterocycles. The lowest BCUT2D eigenvalue weighted by atomic mass is 10.2. The molecular weight excluding hydrogens is 322 g/mol. The first-order valence-corrected chi connectivity index (χ1v) is 8.42. The van der Waals surface area contributed by atoms with Gasteiger partial charge in [-0.2, -0.15) is 10.2 Å². The molecule has 1 aliphatic rings. The van der Waals surface area contributed by atoms with E-state index in [9.17, 15) is 4.79 Å². The molecule has 9 heteroatoms. The Balaban J connectivity index is 1.67. The second kappa shape index (κ2) is 6.93. The van der Waals surface area contributed by atoms with Crippen LogP contribution in [-0.2, 0) is 16.6 Å². The number of ether oxygens (including phenoxy) is 1. The molecule has 0 saturated carbocycles. The molecule has 3 rings (SSSR count). The molecule has 1 amide bonds. The minimum atomic E-state index is -0.287. The fraction of sp³-hybridized carbons (Fsp3) is 0.625. The minimum Gasteiger partial charge on any atom is -0.367 e. The van der Waals surface area contributed by atoms with Gasteiger partial charge in [-0.25, -0.2) is 4.98 Å². The van der Waals surface area contributed by atoms with Crippen molar-refractivity contribution in [2.75, 3.05) is 25.0 Å². The number of nitrogens with one attached hydrogen (secondary N) is 2. The van der Waals surface area contributed by atoms with Crippen LogP contribution < -0.4 is 5.32 Å². The van der Waals surface area contributed by atoms with Crippen molar-refractivity contribution in [3.05, 3.63) is 23.0 Å². The third-order valence-corrected chi connectivity index (χ3v) is 4.68. The average molecular weight is 347 g/mol. The summed E-state index contributed by atoms with van der Waals surface area (Å²) in [6, 6.07) is -0.287. The van der Waals surface area contributed by atoms with Crippen LogP contribution in [0.4, 0.5) is 5.69 Å². The Morgan fingerprint density at radius 2 is 2.16 bits per heavy atom. The molecule has 0 spiro atoms. The van der Waals surface area contributed by atoms with Crippen molar-refractivity contribution in [2.45, 2.75) is 39.8 Å². The largest absolute Gasteiger partial charge is 0.367 e. The zero-order valence-electron chi connectivity index (χ0n) is 15.3. The fourth-order valence-corrected chi connectivity index (χ4v) is 3.03. The molecule has 0 bridgehead atoms. The standard InChI is InChI=1S/C16H25N7O2/c1-9-14(10(2)22(5)21-9)18-16(24)11(3)23-6-7-25-13(8-23)15-17-12(4)19-20-15/h11,13H,6-8H2,1-5H3,(H,18,24)(H,17,19,20)/t11-,13+/m0/s1. The maximum Gasteiger partial charge on any atom is 0.241 e. The predicted octanol–water partition coefficient (Wildman–Crippen LogP) is 0.864. The monoisotopic (exact) mass is 347 g/mol. The second-order valence-corrected chi connectivity index (χ2v) is 6.47. The van der Waals surface area contributed by atoms with Crippen molar-refractivity contribution in [3.8, 4) is 0 Å². The molecule has 2 atom stereocenters. The number of hydrogen-bond acceptors (Lipinski definition) is 6. The van der Waals surface area contributed by atoms with Gasteiger partial charge in [0.25, 0.3) is 0 Å². The molecule has 136 valence electrons. The van der Waals surface area contributed by atoms with Crippen LogP contribution in [0.1, 0.15) is 36.1 Å². The van der Waals surface area contributed by atoms with Crippen molar-refractivity contribution < 1.29 is 9.53 Å². The molecule has 1 fully saturated rings. The number of morpholine rings is 1. The van der Waals surface area contributed by atoms with Crippen molar-refractivity contribution in [1.82, 2.24) is 29.9 Å². The molecule has 0 aliphatic carbocycles. The molecule has 2 aromatic heterocycles. The Hall–Kier alpha value is -2.26. The van der Waals surface area contributed by atoms with Crippen LogP contribution >= 0.6 is 0 Å². The lowest BCUT2D eigenvalue weighted by molar-refractivity contribution is -0.124. The van der Waals surface area contributed by atoms with E-state index < -0.39 is 0 Å². The van der Waals surface area contributed by atoms with Crippen LogP contribution in [0.3, 0.4) is 0 Å². The minimum absolute atomic E-state index is 0.0500. The van der Waals surface area contributed by atoms with Crippen molar-refractivity contribution >= 4 is 11.6 Å². The average Bonchev–Trinajstić information content (AvgIpc) is 3.13. The number of hydrogen-bond donors (Lipinski definition) is 2. The van der Waals surface area contributed by atoms with E-state index in [4.69, 9.17) is 4.74 Å². The van der Waals surface area contributed by atoms with Crippen LogP contribution in [0.2, 0.25) is 0 Å². The number of anilines is 1. The van der Waals surface area contributed by atoms with E-state index >= 15 is 0 Å². The number of H-pyrrole nitrogens is 1. The van der Waals surface area contributed by atoms with Gasteiger partial charge in [0.2, 0.25) is 5.91 Å². The Labute approximate surface area is 146 Å². The molecule has 0 radical (unpaired) electrons. The molecular formula is C16H25N7O2. The van der Waals surface area contributed by atoms with E-state index in [1.54, 1.807) is 4.68 Å². The van der Waals surface area contributed by atoms with Gasteiger partial charge < -0.3 is 10.1 Å². The third kappa shape index (κ3) is 3.57. The smallest absolute Gasteiger partial charge is 0.241 e. The maximum atomic E-state index is 12.7. The van der Waals surface area contributed by atoms with Gasteiger partial charge in [0.1, 0.15) is 11.9 Å². The van der Waals surface area contributed by atoms with Crippen molar-refractivity contribution in [1.29, 1.82) is 0 Å². The van der Waals surface area contributed by atoms with Crippen LogP contribution in [0, 0.1) is 20.8 Å². The van der Waals surface area contributed by atoms with E-state index in [0.717, 1.165) is 22.9 Å². The topological polar surface area (TPSA) is 101 Å².